The van der Waals surface area contributed by atoms with E-state index in [1.807, 2.05) is 48.2 Å². The number of benzene rings is 2. The van der Waals surface area contributed by atoms with E-state index in [0.717, 1.165) is 29.3 Å². The first kappa shape index (κ1) is 12.2. The lowest BCUT2D eigenvalue weighted by Crippen LogP contribution is -2.40. The largest absolute Gasteiger partial charge is 0.334 e. The summed E-state index contributed by atoms with van der Waals surface area (Å²) in [6.07, 6.45) is 0.889. The van der Waals surface area contributed by atoms with Gasteiger partial charge in [-0.15, -0.1) is 0 Å². The van der Waals surface area contributed by atoms with Gasteiger partial charge in [0.15, 0.2) is 0 Å². The molecular formula is C16H18N2O. The third kappa shape index (κ3) is 2.10. The Bertz CT molecular complexity index is 623. The molecule has 3 heteroatoms. The second-order valence-corrected chi connectivity index (χ2v) is 5.25. The Hall–Kier alpha value is -1.87. The predicted molar refractivity (Wildman–Crippen MR) is 77.0 cm³/mol. The molecule has 0 saturated carbocycles. The molecule has 98 valence electrons. The number of carbonyl (C=O) groups excluding carboxylic acids is 1. The molecule has 1 amide bonds. The van der Waals surface area contributed by atoms with Crippen molar-refractivity contribution >= 4 is 16.7 Å². The van der Waals surface area contributed by atoms with Crippen LogP contribution in [-0.2, 0) is 0 Å². The molecule has 3 rings (SSSR count). The van der Waals surface area contributed by atoms with Crippen LogP contribution in [-0.4, -0.2) is 29.4 Å². The van der Waals surface area contributed by atoms with Crippen molar-refractivity contribution in [2.45, 2.75) is 25.4 Å². The van der Waals surface area contributed by atoms with Crippen LogP contribution in [0.5, 0.6) is 0 Å². The highest BCUT2D eigenvalue weighted by atomic mass is 16.2. The van der Waals surface area contributed by atoms with Crippen LogP contribution in [0, 0.1) is 0 Å². The summed E-state index contributed by atoms with van der Waals surface area (Å²) in [5, 5.41) is 2.26. The van der Waals surface area contributed by atoms with Crippen molar-refractivity contribution in [1.29, 1.82) is 0 Å². The van der Waals surface area contributed by atoms with Crippen molar-refractivity contribution in [1.82, 2.24) is 4.90 Å². The van der Waals surface area contributed by atoms with Crippen LogP contribution in [0.15, 0.2) is 42.5 Å². The summed E-state index contributed by atoms with van der Waals surface area (Å²) in [7, 11) is 0. The monoisotopic (exact) mass is 254 g/mol. The minimum Gasteiger partial charge on any atom is -0.334 e. The average molecular weight is 254 g/mol. The second kappa shape index (κ2) is 4.67. The van der Waals surface area contributed by atoms with Crippen LogP contribution in [0.3, 0.4) is 0 Å². The first-order chi connectivity index (χ1) is 9.16. The summed E-state index contributed by atoms with van der Waals surface area (Å²) >= 11 is 0. The Morgan fingerprint density at radius 3 is 2.63 bits per heavy atom. The molecular weight excluding hydrogens is 236 g/mol. The average Bonchev–Trinajstić information content (AvgIpc) is 2.78. The SMILES string of the molecule is CC1C(N)CCN1C(=O)c1ccc2ccccc2c1. The first-order valence-electron chi connectivity index (χ1n) is 6.72. The minimum atomic E-state index is 0.0891. The molecule has 1 aliphatic rings. The summed E-state index contributed by atoms with van der Waals surface area (Å²) in [6, 6.07) is 14.2. The zero-order chi connectivity index (χ0) is 13.4. The number of carbonyl (C=O) groups is 1. The van der Waals surface area contributed by atoms with Crippen LogP contribution < -0.4 is 5.73 Å². The number of amides is 1. The molecule has 2 atom stereocenters. The van der Waals surface area contributed by atoms with Gasteiger partial charge in [0.2, 0.25) is 0 Å². The Morgan fingerprint density at radius 1 is 1.21 bits per heavy atom. The van der Waals surface area contributed by atoms with Crippen molar-refractivity contribution in [2.75, 3.05) is 6.54 Å². The highest BCUT2D eigenvalue weighted by Gasteiger charge is 2.31. The zero-order valence-electron chi connectivity index (χ0n) is 11.0. The number of nitrogens with zero attached hydrogens (tertiary/aromatic N) is 1. The van der Waals surface area contributed by atoms with Crippen molar-refractivity contribution in [3.63, 3.8) is 0 Å². The molecule has 0 spiro atoms. The summed E-state index contributed by atoms with van der Waals surface area (Å²) in [5.74, 6) is 0.0891. The van der Waals surface area contributed by atoms with Gasteiger partial charge in [-0.2, -0.15) is 0 Å². The van der Waals surface area contributed by atoms with Gasteiger partial charge in [0.25, 0.3) is 5.91 Å². The molecule has 2 aromatic rings. The molecule has 0 aromatic heterocycles. The number of hydrogen-bond donors (Lipinski definition) is 1. The van der Waals surface area contributed by atoms with E-state index in [1.165, 1.54) is 0 Å². The Labute approximate surface area is 113 Å². The summed E-state index contributed by atoms with van der Waals surface area (Å²) < 4.78 is 0. The van der Waals surface area contributed by atoms with Gasteiger partial charge in [-0.05, 0) is 36.2 Å². The highest BCUT2D eigenvalue weighted by Crippen LogP contribution is 2.21. The van der Waals surface area contributed by atoms with Crippen LogP contribution in [0.1, 0.15) is 23.7 Å². The van der Waals surface area contributed by atoms with Crippen molar-refractivity contribution in [3.05, 3.63) is 48.0 Å². The van der Waals surface area contributed by atoms with Crippen molar-refractivity contribution in [3.8, 4) is 0 Å². The van der Waals surface area contributed by atoms with E-state index in [1.54, 1.807) is 0 Å². The molecule has 0 aliphatic carbocycles. The van der Waals surface area contributed by atoms with Crippen LogP contribution in [0.25, 0.3) is 10.8 Å². The maximum Gasteiger partial charge on any atom is 0.254 e. The number of hydrogen-bond acceptors (Lipinski definition) is 2. The van der Waals surface area contributed by atoms with Gasteiger partial charge in [-0.25, -0.2) is 0 Å². The maximum atomic E-state index is 12.5. The third-order valence-electron chi connectivity index (χ3n) is 4.07. The van der Waals surface area contributed by atoms with E-state index in [-0.39, 0.29) is 18.0 Å². The lowest BCUT2D eigenvalue weighted by atomic mass is 10.1. The minimum absolute atomic E-state index is 0.0891. The van der Waals surface area contributed by atoms with Gasteiger partial charge >= 0.3 is 0 Å². The molecule has 19 heavy (non-hydrogen) atoms. The molecule has 1 aliphatic heterocycles. The van der Waals surface area contributed by atoms with Gasteiger partial charge in [0.05, 0.1) is 0 Å². The van der Waals surface area contributed by atoms with E-state index in [0.29, 0.717) is 0 Å². The second-order valence-electron chi connectivity index (χ2n) is 5.25. The maximum absolute atomic E-state index is 12.5. The number of nitrogens with two attached hydrogens (primary N) is 1. The summed E-state index contributed by atoms with van der Waals surface area (Å²) in [4.78, 5) is 14.4. The number of fused-ring (bicyclic) bond motifs is 1. The fourth-order valence-corrected chi connectivity index (χ4v) is 2.74. The Balaban J connectivity index is 1.93. The normalized spacial score (nSPS) is 22.9. The van der Waals surface area contributed by atoms with Crippen LogP contribution in [0.2, 0.25) is 0 Å². The quantitative estimate of drug-likeness (QED) is 0.849. The van der Waals surface area contributed by atoms with Gasteiger partial charge in [0, 0.05) is 24.2 Å². The molecule has 2 unspecified atom stereocenters. The Kier molecular flexibility index (Phi) is 2.99. The lowest BCUT2D eigenvalue weighted by Gasteiger charge is -2.23. The molecule has 0 radical (unpaired) electrons. The molecule has 3 nitrogen and oxygen atoms in total. The number of likely N-dealkylation sites (tertiary alicyclic amines) is 1. The highest BCUT2D eigenvalue weighted by molar-refractivity contribution is 5.98. The van der Waals surface area contributed by atoms with E-state index < -0.39 is 0 Å². The fourth-order valence-electron chi connectivity index (χ4n) is 2.74. The third-order valence-corrected chi connectivity index (χ3v) is 4.07. The van der Waals surface area contributed by atoms with Gasteiger partial charge in [-0.3, -0.25) is 4.79 Å². The topological polar surface area (TPSA) is 46.3 Å². The molecule has 1 fully saturated rings. The molecule has 2 aromatic carbocycles. The molecule has 0 bridgehead atoms. The first-order valence-corrected chi connectivity index (χ1v) is 6.72. The summed E-state index contributed by atoms with van der Waals surface area (Å²) in [6.45, 7) is 2.78. The van der Waals surface area contributed by atoms with Gasteiger partial charge < -0.3 is 10.6 Å². The molecule has 1 saturated heterocycles. The van der Waals surface area contributed by atoms with E-state index in [2.05, 4.69) is 6.07 Å². The zero-order valence-corrected chi connectivity index (χ0v) is 11.0. The van der Waals surface area contributed by atoms with E-state index in [9.17, 15) is 4.79 Å². The molecule has 1 heterocycles. The smallest absolute Gasteiger partial charge is 0.254 e. The fraction of sp³-hybridized carbons (Fsp3) is 0.312. The Morgan fingerprint density at radius 2 is 1.95 bits per heavy atom. The van der Waals surface area contributed by atoms with E-state index >= 15 is 0 Å². The molecule has 2 N–H and O–H groups in total. The van der Waals surface area contributed by atoms with Crippen LogP contribution >= 0.6 is 0 Å². The van der Waals surface area contributed by atoms with Crippen molar-refractivity contribution in [2.24, 2.45) is 5.73 Å². The van der Waals surface area contributed by atoms with Crippen molar-refractivity contribution < 1.29 is 4.79 Å². The van der Waals surface area contributed by atoms with Gasteiger partial charge in [-0.1, -0.05) is 30.3 Å². The van der Waals surface area contributed by atoms with Gasteiger partial charge in [0.1, 0.15) is 0 Å². The number of rotatable bonds is 1. The summed E-state index contributed by atoms with van der Waals surface area (Å²) in [5.41, 5.74) is 6.73. The lowest BCUT2D eigenvalue weighted by molar-refractivity contribution is 0.0742. The standard InChI is InChI=1S/C16H18N2O/c1-11-15(17)8-9-18(11)16(19)14-7-6-12-4-2-3-5-13(12)10-14/h2-7,10-11,15H,8-9,17H2,1H3. The van der Waals surface area contributed by atoms with E-state index in [4.69, 9.17) is 5.73 Å². The predicted octanol–water partition coefficient (Wildman–Crippen LogP) is 2.40. The van der Waals surface area contributed by atoms with Crippen LogP contribution in [0.4, 0.5) is 0 Å².